The third-order valence-corrected chi connectivity index (χ3v) is 23.6. The van der Waals surface area contributed by atoms with Crippen LogP contribution in [-0.2, 0) is 51.8 Å². The summed E-state index contributed by atoms with van der Waals surface area (Å²) < 4.78 is 34.9. The molecular weight excluding hydrogens is 953 g/mol. The number of fused-ring (bicyclic) bond motifs is 5. The number of epoxide rings is 1. The normalized spacial score (nSPS) is 48.1. The molecular formula is C61H76N2O12. The number of esters is 2. The van der Waals surface area contributed by atoms with E-state index in [0.29, 0.717) is 74.1 Å². The van der Waals surface area contributed by atoms with E-state index in [1.165, 1.54) is 5.56 Å². The Morgan fingerprint density at radius 3 is 2.59 bits per heavy atom. The fraction of sp³-hybridized carbons (Fsp3) is 0.721. The van der Waals surface area contributed by atoms with Crippen molar-refractivity contribution in [2.45, 2.75) is 158 Å². The van der Waals surface area contributed by atoms with E-state index in [2.05, 4.69) is 65.5 Å². The number of hydrogen-bond donors (Lipinski definition) is 5. The number of cyclic esters (lactones) is 1. The number of nitrogens with zero attached hydrogens (tertiary/aromatic N) is 1. The van der Waals surface area contributed by atoms with Crippen molar-refractivity contribution in [1.82, 2.24) is 10.2 Å². The number of furan rings is 1. The molecule has 5 N–H and O–H groups in total. The zero-order valence-electron chi connectivity index (χ0n) is 43.8. The highest BCUT2D eigenvalue weighted by Gasteiger charge is 2.95. The van der Waals surface area contributed by atoms with Gasteiger partial charge in [-0.05, 0) is 156 Å². The summed E-state index contributed by atoms with van der Waals surface area (Å²) in [4.78, 5) is 48.9. The predicted octanol–water partition coefficient (Wildman–Crippen LogP) is 5.62. The van der Waals surface area contributed by atoms with Gasteiger partial charge in [-0.2, -0.15) is 0 Å². The smallest absolute Gasteiger partial charge is 0.339 e. The Morgan fingerprint density at radius 2 is 1.79 bits per heavy atom. The lowest BCUT2D eigenvalue weighted by molar-refractivity contribution is -0.301. The maximum Gasteiger partial charge on any atom is 0.339 e. The summed E-state index contributed by atoms with van der Waals surface area (Å²) in [5, 5.41) is 50.8. The summed E-state index contributed by atoms with van der Waals surface area (Å²) >= 11 is 0. The Kier molecular flexibility index (Phi) is 11.1. The lowest BCUT2D eigenvalue weighted by atomic mass is 9.30. The van der Waals surface area contributed by atoms with E-state index < -0.39 is 93.2 Å². The minimum Gasteiger partial charge on any atom is -0.469 e. The molecule has 4 spiro atoms. The second-order valence-electron chi connectivity index (χ2n) is 26.7. The molecule has 14 rings (SSSR count). The molecule has 21 unspecified atom stereocenters. The van der Waals surface area contributed by atoms with Crippen LogP contribution in [-0.4, -0.2) is 118 Å². The van der Waals surface area contributed by atoms with Gasteiger partial charge in [0, 0.05) is 53.3 Å². The van der Waals surface area contributed by atoms with Crippen molar-refractivity contribution in [3.63, 3.8) is 0 Å². The number of nitrogens with one attached hydrogen (secondary N) is 1. The van der Waals surface area contributed by atoms with E-state index in [1.807, 2.05) is 26.0 Å². The highest BCUT2D eigenvalue weighted by Crippen LogP contribution is 2.85. The van der Waals surface area contributed by atoms with Crippen LogP contribution in [0.2, 0.25) is 0 Å². The summed E-state index contributed by atoms with van der Waals surface area (Å²) in [5.74, 6) is 5.25. The molecule has 10 fully saturated rings. The van der Waals surface area contributed by atoms with Crippen LogP contribution in [0.4, 0.5) is 0 Å². The zero-order valence-corrected chi connectivity index (χ0v) is 43.8. The molecule has 21 atom stereocenters. The number of rotatable bonds is 9. The third-order valence-electron chi connectivity index (χ3n) is 23.6. The van der Waals surface area contributed by atoms with Gasteiger partial charge in [0.25, 0.3) is 0 Å². The van der Waals surface area contributed by atoms with Crippen molar-refractivity contribution >= 4 is 17.7 Å². The molecule has 402 valence electrons. The number of aliphatic hydroxyl groups is 4. The highest BCUT2D eigenvalue weighted by molar-refractivity contribution is 5.93. The quantitative estimate of drug-likeness (QED) is 0.118. The summed E-state index contributed by atoms with van der Waals surface area (Å²) in [5.41, 5.74) is -6.95. The van der Waals surface area contributed by atoms with Gasteiger partial charge in [-0.1, -0.05) is 55.2 Å². The summed E-state index contributed by atoms with van der Waals surface area (Å²) in [6.07, 6.45) is 10.3. The molecule has 7 heterocycles. The standard InChI is InChI=1S/C61H76N2O12/c1-55(2)49-48(67)50(68)60-43-25-35(24-34-8-5-4-6-9-34)11-12-37(43)10-7-19-59(42-18-23-71-46(42)27-41(45(66)31-65)38-13-14-40-39(26-38)17-22-63-33-62-29-44(40)63)56(3,61(60)51(73-61)52(69)74-59)20-16-47(60)58(49)32-72-54(70)57(53(58)75-55)21-15-36(28-57)30-64/h4-6,8-9,17-18,22-23,35-41,43-45,47,49-51,53,62,64-66,68H,11-16,19-21,24-33H2,1-3H3. The lowest BCUT2D eigenvalue weighted by Gasteiger charge is -2.72. The van der Waals surface area contributed by atoms with Crippen LogP contribution in [0.3, 0.4) is 0 Å². The second-order valence-corrected chi connectivity index (χ2v) is 26.7. The summed E-state index contributed by atoms with van der Waals surface area (Å²) in [7, 11) is 0. The van der Waals surface area contributed by atoms with Crippen LogP contribution in [0.1, 0.15) is 115 Å². The number of ether oxygens (including phenoxy) is 4. The number of Topliss-reactive ketones (excluding diaryl/α,β-unsaturated/α-hetero) is 1. The van der Waals surface area contributed by atoms with Crippen LogP contribution < -0.4 is 5.32 Å². The van der Waals surface area contributed by atoms with Crippen LogP contribution in [0.15, 0.2) is 59.4 Å². The Bertz CT molecular complexity index is 2750. The maximum absolute atomic E-state index is 16.3. The first-order valence-corrected chi connectivity index (χ1v) is 28.8. The minimum absolute atomic E-state index is 0.0701. The van der Waals surface area contributed by atoms with E-state index in [-0.39, 0.29) is 67.4 Å². The minimum atomic E-state index is -1.60. The molecule has 6 aliphatic carbocycles. The topological polar surface area (TPSA) is 201 Å². The molecule has 0 radical (unpaired) electrons. The number of carbonyl (C=O) groups is 3. The van der Waals surface area contributed by atoms with Crippen LogP contribution in [0.25, 0.3) is 0 Å². The van der Waals surface area contributed by atoms with Crippen molar-refractivity contribution in [2.75, 3.05) is 33.0 Å². The monoisotopic (exact) mass is 1030 g/mol. The van der Waals surface area contributed by atoms with E-state index in [4.69, 9.17) is 23.4 Å². The fourth-order valence-corrected chi connectivity index (χ4v) is 20.8. The molecule has 6 aliphatic heterocycles. The van der Waals surface area contributed by atoms with Crippen molar-refractivity contribution in [3.8, 4) is 11.8 Å². The molecule has 75 heavy (non-hydrogen) atoms. The Balaban J connectivity index is 0.930. The Morgan fingerprint density at radius 1 is 0.947 bits per heavy atom. The molecule has 5 saturated heterocycles. The molecule has 1 aromatic heterocycles. The van der Waals surface area contributed by atoms with Crippen molar-refractivity contribution in [2.24, 2.45) is 80.8 Å². The predicted molar refractivity (Wildman–Crippen MR) is 270 cm³/mol. The molecule has 1 aromatic carbocycles. The number of aliphatic hydroxyl groups excluding tert-OH is 4. The average Bonchev–Trinajstić information content (AvgIpc) is 3.93. The largest absolute Gasteiger partial charge is 0.469 e. The van der Waals surface area contributed by atoms with Crippen LogP contribution in [0, 0.1) is 92.7 Å². The molecule has 14 nitrogen and oxygen atoms in total. The lowest BCUT2D eigenvalue weighted by Crippen LogP contribution is -2.81. The number of ketones is 1. The van der Waals surface area contributed by atoms with Crippen molar-refractivity contribution in [1.29, 1.82) is 0 Å². The van der Waals surface area contributed by atoms with Gasteiger partial charge in [-0.25, -0.2) is 4.79 Å². The summed E-state index contributed by atoms with van der Waals surface area (Å²) in [6.45, 7) is 7.26. The first-order chi connectivity index (χ1) is 36.1. The first kappa shape index (κ1) is 49.2. The molecule has 12 aliphatic rings. The van der Waals surface area contributed by atoms with Gasteiger partial charge >= 0.3 is 11.9 Å². The van der Waals surface area contributed by atoms with E-state index in [9.17, 15) is 25.2 Å². The molecule has 4 bridgehead atoms. The number of hydrogen-bond acceptors (Lipinski definition) is 14. The molecule has 2 aromatic rings. The van der Waals surface area contributed by atoms with Gasteiger partial charge < -0.3 is 48.7 Å². The van der Waals surface area contributed by atoms with Gasteiger partial charge in [0.2, 0.25) is 0 Å². The first-order valence-electron chi connectivity index (χ1n) is 28.8. The summed E-state index contributed by atoms with van der Waals surface area (Å²) in [6, 6.07) is 12.8. The van der Waals surface area contributed by atoms with Gasteiger partial charge in [-0.3, -0.25) is 14.9 Å². The number of benzene rings is 1. The highest BCUT2D eigenvalue weighted by atomic mass is 16.7. The van der Waals surface area contributed by atoms with Gasteiger partial charge in [0.05, 0.1) is 55.1 Å². The van der Waals surface area contributed by atoms with E-state index >= 15 is 9.59 Å². The number of allylic oxidation sites excluding steroid dienone is 1. The van der Waals surface area contributed by atoms with Crippen LogP contribution >= 0.6 is 0 Å². The SMILES string of the molecule is CC1(C)OC2C3(CCC(CO)C3)C(=O)OCC23C1C(=O)C(O)C12C4CC(Cc5ccccc5)CCC4C#CCC4(c5ccoc5CC(C(O)CO)C5CCC6C(C=CN7CNCC67)C5)OC(=O)C5OC51C4(C)CCC32. The third kappa shape index (κ3) is 6.27. The Labute approximate surface area is 440 Å². The van der Waals surface area contributed by atoms with Crippen molar-refractivity contribution < 1.29 is 58.2 Å². The molecule has 0 amide bonds. The van der Waals surface area contributed by atoms with Gasteiger partial charge in [-0.15, -0.1) is 0 Å². The van der Waals surface area contributed by atoms with E-state index in [0.717, 1.165) is 45.3 Å². The van der Waals surface area contributed by atoms with Crippen molar-refractivity contribution in [3.05, 3.63) is 71.8 Å². The second kappa shape index (κ2) is 17.0. The fourth-order valence-electron chi connectivity index (χ4n) is 20.8. The Hall–Kier alpha value is -4.07. The molecule has 14 heteroatoms. The molecule has 5 saturated carbocycles. The van der Waals surface area contributed by atoms with Crippen LogP contribution in [0.5, 0.6) is 0 Å². The number of carbonyl (C=O) groups excluding carboxylic acids is 3. The average molecular weight is 1030 g/mol. The van der Waals surface area contributed by atoms with Gasteiger partial charge in [0.15, 0.2) is 17.5 Å². The maximum atomic E-state index is 16.3. The van der Waals surface area contributed by atoms with Gasteiger partial charge in [0.1, 0.15) is 24.1 Å². The van der Waals surface area contributed by atoms with E-state index in [1.54, 1.807) is 6.26 Å². The zero-order chi connectivity index (χ0) is 51.7.